The van der Waals surface area contributed by atoms with Crippen LogP contribution in [-0.2, 0) is 14.3 Å². The number of pyridine rings is 1. The van der Waals surface area contributed by atoms with Crippen molar-refractivity contribution < 1.29 is 24.2 Å². The molecule has 2 aromatic heterocycles. The van der Waals surface area contributed by atoms with Crippen molar-refractivity contribution in [2.75, 3.05) is 11.9 Å². The van der Waals surface area contributed by atoms with Crippen LogP contribution in [0.25, 0.3) is 32.6 Å². The Bertz CT molecular complexity index is 1350. The molecule has 0 saturated carbocycles. The standard InChI is InChI=1S/C26H22N2O5S/c1-2-33-26(32)24-23(28-20(29)13-14-21(30)31)22-18(16-9-5-3-6-10-16)15-19(27-25(22)34-24)17-11-7-4-8-12-17/h3-12,15H,2,13-14H2,1H3,(H,28,29)(H,30,31). The van der Waals surface area contributed by atoms with Gasteiger partial charge in [-0.05, 0) is 24.1 Å². The Hall–Kier alpha value is -4.04. The van der Waals surface area contributed by atoms with Crippen molar-refractivity contribution in [3.63, 3.8) is 0 Å². The molecular formula is C26H22N2O5S. The molecule has 4 aromatic rings. The van der Waals surface area contributed by atoms with Crippen molar-refractivity contribution in [2.24, 2.45) is 0 Å². The Morgan fingerprint density at radius 2 is 1.62 bits per heavy atom. The molecule has 0 saturated heterocycles. The SMILES string of the molecule is CCOC(=O)c1sc2nc(-c3ccccc3)cc(-c3ccccc3)c2c1NC(=O)CCC(=O)O. The van der Waals surface area contributed by atoms with E-state index in [-0.39, 0.29) is 24.3 Å². The first-order chi connectivity index (χ1) is 16.5. The molecule has 172 valence electrons. The van der Waals surface area contributed by atoms with Crippen molar-refractivity contribution in [3.8, 4) is 22.4 Å². The number of hydrogen-bond donors (Lipinski definition) is 2. The second-order valence-corrected chi connectivity index (χ2v) is 8.43. The Labute approximate surface area is 200 Å². The summed E-state index contributed by atoms with van der Waals surface area (Å²) in [5.41, 5.74) is 3.62. The molecule has 0 radical (unpaired) electrons. The Kier molecular flexibility index (Phi) is 6.98. The molecule has 0 fully saturated rings. The van der Waals surface area contributed by atoms with E-state index in [1.165, 1.54) is 0 Å². The van der Waals surface area contributed by atoms with Gasteiger partial charge in [0.1, 0.15) is 9.71 Å². The summed E-state index contributed by atoms with van der Waals surface area (Å²) < 4.78 is 5.24. The lowest BCUT2D eigenvalue weighted by Gasteiger charge is -2.11. The average molecular weight is 475 g/mol. The Morgan fingerprint density at radius 3 is 2.24 bits per heavy atom. The number of aromatic nitrogens is 1. The fraction of sp³-hybridized carbons (Fsp3) is 0.154. The number of aliphatic carboxylic acids is 1. The van der Waals surface area contributed by atoms with Crippen LogP contribution in [0.5, 0.6) is 0 Å². The minimum atomic E-state index is -1.07. The van der Waals surface area contributed by atoms with Crippen LogP contribution in [0.15, 0.2) is 66.7 Å². The van der Waals surface area contributed by atoms with Gasteiger partial charge < -0.3 is 15.2 Å². The zero-order chi connectivity index (χ0) is 24.1. The Balaban J connectivity index is 1.95. The van der Waals surface area contributed by atoms with Gasteiger partial charge in [0, 0.05) is 17.4 Å². The number of carboxylic acids is 1. The number of carbonyl (C=O) groups is 3. The number of nitrogens with zero attached hydrogens (tertiary/aromatic N) is 1. The molecule has 0 spiro atoms. The van der Waals surface area contributed by atoms with Gasteiger partial charge in [0.15, 0.2) is 0 Å². The maximum absolute atomic E-state index is 12.8. The first-order valence-electron chi connectivity index (χ1n) is 10.7. The number of hydrogen-bond acceptors (Lipinski definition) is 6. The van der Waals surface area contributed by atoms with E-state index in [9.17, 15) is 14.4 Å². The van der Waals surface area contributed by atoms with Crippen LogP contribution in [-0.4, -0.2) is 34.5 Å². The van der Waals surface area contributed by atoms with Gasteiger partial charge in [0.25, 0.3) is 0 Å². The van der Waals surface area contributed by atoms with Crippen LogP contribution in [0.2, 0.25) is 0 Å². The summed E-state index contributed by atoms with van der Waals surface area (Å²) in [5, 5.41) is 12.3. The van der Waals surface area contributed by atoms with Crippen LogP contribution in [0.1, 0.15) is 29.4 Å². The highest BCUT2D eigenvalue weighted by atomic mass is 32.1. The molecule has 2 aromatic carbocycles. The van der Waals surface area contributed by atoms with E-state index in [4.69, 9.17) is 14.8 Å². The van der Waals surface area contributed by atoms with E-state index < -0.39 is 17.8 Å². The number of fused-ring (bicyclic) bond motifs is 1. The molecule has 0 atom stereocenters. The van der Waals surface area contributed by atoms with E-state index in [1.54, 1.807) is 6.92 Å². The van der Waals surface area contributed by atoms with Crippen LogP contribution in [0, 0.1) is 0 Å². The minimum absolute atomic E-state index is 0.174. The number of benzene rings is 2. The number of esters is 1. The molecule has 2 heterocycles. The number of rotatable bonds is 8. The van der Waals surface area contributed by atoms with Crippen molar-refractivity contribution in [1.29, 1.82) is 0 Å². The molecule has 0 bridgehead atoms. The third-order valence-electron chi connectivity index (χ3n) is 5.11. The lowest BCUT2D eigenvalue weighted by Crippen LogP contribution is -2.15. The first kappa shape index (κ1) is 23.1. The number of anilines is 1. The van der Waals surface area contributed by atoms with Gasteiger partial charge in [-0.15, -0.1) is 11.3 Å². The van der Waals surface area contributed by atoms with Gasteiger partial charge in [-0.2, -0.15) is 0 Å². The molecule has 7 nitrogen and oxygen atoms in total. The molecule has 0 unspecified atom stereocenters. The smallest absolute Gasteiger partial charge is 0.350 e. The van der Waals surface area contributed by atoms with Crippen LogP contribution in [0.3, 0.4) is 0 Å². The van der Waals surface area contributed by atoms with Crippen LogP contribution >= 0.6 is 11.3 Å². The summed E-state index contributed by atoms with van der Waals surface area (Å²) in [6.07, 6.45) is -0.532. The van der Waals surface area contributed by atoms with E-state index >= 15 is 0 Å². The predicted octanol–water partition coefficient (Wildman–Crippen LogP) is 5.61. The number of carboxylic acid groups (broad SMARTS) is 1. The van der Waals surface area contributed by atoms with Gasteiger partial charge in [-0.25, -0.2) is 9.78 Å². The first-order valence-corrected chi connectivity index (χ1v) is 11.6. The number of ether oxygens (including phenoxy) is 1. The highest BCUT2D eigenvalue weighted by molar-refractivity contribution is 7.21. The third kappa shape index (κ3) is 4.97. The fourth-order valence-corrected chi connectivity index (χ4v) is 4.63. The van der Waals surface area contributed by atoms with Gasteiger partial charge in [0.2, 0.25) is 5.91 Å². The quantitative estimate of drug-likeness (QED) is 0.322. The van der Waals surface area contributed by atoms with Crippen molar-refractivity contribution in [2.45, 2.75) is 19.8 Å². The number of carbonyl (C=O) groups excluding carboxylic acids is 2. The lowest BCUT2D eigenvalue weighted by molar-refractivity contribution is -0.138. The van der Waals surface area contributed by atoms with Gasteiger partial charge >= 0.3 is 11.9 Å². The number of nitrogens with one attached hydrogen (secondary N) is 1. The highest BCUT2D eigenvalue weighted by Gasteiger charge is 2.25. The normalized spacial score (nSPS) is 10.7. The van der Waals surface area contributed by atoms with Gasteiger partial charge in [0.05, 0.1) is 24.4 Å². The fourth-order valence-electron chi connectivity index (χ4n) is 3.58. The maximum Gasteiger partial charge on any atom is 0.350 e. The van der Waals surface area contributed by atoms with Crippen molar-refractivity contribution in [1.82, 2.24) is 4.98 Å². The van der Waals surface area contributed by atoms with E-state index in [2.05, 4.69) is 5.32 Å². The molecule has 0 aliphatic carbocycles. The summed E-state index contributed by atoms with van der Waals surface area (Å²) >= 11 is 1.14. The molecule has 8 heteroatoms. The third-order valence-corrected chi connectivity index (χ3v) is 6.17. The highest BCUT2D eigenvalue weighted by Crippen LogP contribution is 2.43. The number of thiophene rings is 1. The van der Waals surface area contributed by atoms with E-state index in [1.807, 2.05) is 66.7 Å². The van der Waals surface area contributed by atoms with Crippen molar-refractivity contribution >= 4 is 45.1 Å². The van der Waals surface area contributed by atoms with Crippen molar-refractivity contribution in [3.05, 3.63) is 71.6 Å². The lowest BCUT2D eigenvalue weighted by atomic mass is 9.99. The summed E-state index contributed by atoms with van der Waals surface area (Å²) in [6, 6.07) is 21.2. The predicted molar refractivity (Wildman–Crippen MR) is 132 cm³/mol. The minimum Gasteiger partial charge on any atom is -0.481 e. The van der Waals surface area contributed by atoms with Gasteiger partial charge in [-0.1, -0.05) is 60.7 Å². The van der Waals surface area contributed by atoms with Crippen LogP contribution in [0.4, 0.5) is 5.69 Å². The monoisotopic (exact) mass is 474 g/mol. The summed E-state index contributed by atoms with van der Waals surface area (Å²) in [5.74, 6) is -2.15. The van der Waals surface area contributed by atoms with E-state index in [0.29, 0.717) is 15.9 Å². The van der Waals surface area contributed by atoms with Crippen LogP contribution < -0.4 is 5.32 Å². The molecule has 4 rings (SSSR count). The second-order valence-electron chi connectivity index (χ2n) is 7.44. The average Bonchev–Trinajstić information content (AvgIpc) is 3.21. The Morgan fingerprint density at radius 1 is 0.971 bits per heavy atom. The second kappa shape index (κ2) is 10.3. The molecule has 0 aliphatic rings. The summed E-state index contributed by atoms with van der Waals surface area (Å²) in [7, 11) is 0. The largest absolute Gasteiger partial charge is 0.481 e. The maximum atomic E-state index is 12.8. The molecule has 2 N–H and O–H groups in total. The zero-order valence-electron chi connectivity index (χ0n) is 18.4. The molecule has 1 amide bonds. The molecule has 34 heavy (non-hydrogen) atoms. The summed E-state index contributed by atoms with van der Waals surface area (Å²) in [6.45, 7) is 1.88. The number of amides is 1. The summed E-state index contributed by atoms with van der Waals surface area (Å²) in [4.78, 5) is 41.9. The molecular weight excluding hydrogens is 452 g/mol. The molecule has 0 aliphatic heterocycles. The zero-order valence-corrected chi connectivity index (χ0v) is 19.2. The van der Waals surface area contributed by atoms with Gasteiger partial charge in [-0.3, -0.25) is 9.59 Å². The van der Waals surface area contributed by atoms with E-state index in [0.717, 1.165) is 33.7 Å². The topological polar surface area (TPSA) is 106 Å².